The van der Waals surface area contributed by atoms with Crippen LogP contribution < -0.4 is 5.32 Å². The Bertz CT molecular complexity index is 364. The third-order valence-electron chi connectivity index (χ3n) is 3.62. The summed E-state index contributed by atoms with van der Waals surface area (Å²) >= 11 is 7.68. The summed E-state index contributed by atoms with van der Waals surface area (Å²) in [5.74, 6) is 0.710. The molecule has 1 atom stereocenters. The molecule has 0 bridgehead atoms. The van der Waals surface area contributed by atoms with Crippen molar-refractivity contribution in [2.24, 2.45) is 5.92 Å². The van der Waals surface area contributed by atoms with E-state index < -0.39 is 0 Å². The Labute approximate surface area is 119 Å². The van der Waals surface area contributed by atoms with E-state index in [1.165, 1.54) is 24.4 Å². The quantitative estimate of drug-likeness (QED) is 0.914. The predicted molar refractivity (Wildman–Crippen MR) is 80.7 cm³/mol. The maximum absolute atomic E-state index is 5.97. The van der Waals surface area contributed by atoms with Crippen LogP contribution in [-0.4, -0.2) is 37.1 Å². The summed E-state index contributed by atoms with van der Waals surface area (Å²) in [6.45, 7) is 9.32. The van der Waals surface area contributed by atoms with Crippen molar-refractivity contribution in [2.75, 3.05) is 26.2 Å². The molecule has 1 aliphatic heterocycles. The molecule has 1 saturated heterocycles. The average Bonchev–Trinajstić information content (AvgIpc) is 2.62. The van der Waals surface area contributed by atoms with Gasteiger partial charge in [-0.3, -0.25) is 0 Å². The first-order valence-electron chi connectivity index (χ1n) is 6.85. The minimum atomic E-state index is 0.638. The SMILES string of the molecule is CC(C)C1CN(CCc2ccc(Cl)s2)CCCN1. The van der Waals surface area contributed by atoms with Crippen LogP contribution in [-0.2, 0) is 6.42 Å². The molecule has 1 N–H and O–H groups in total. The van der Waals surface area contributed by atoms with Crippen molar-refractivity contribution >= 4 is 22.9 Å². The Hall–Kier alpha value is -0.0900. The van der Waals surface area contributed by atoms with Gasteiger partial charge in [0.2, 0.25) is 0 Å². The molecule has 1 fully saturated rings. The first-order valence-corrected chi connectivity index (χ1v) is 8.04. The van der Waals surface area contributed by atoms with Crippen LogP contribution in [0.25, 0.3) is 0 Å². The summed E-state index contributed by atoms with van der Waals surface area (Å²) in [6, 6.07) is 4.80. The molecule has 4 heteroatoms. The van der Waals surface area contributed by atoms with Crippen molar-refractivity contribution in [3.8, 4) is 0 Å². The number of nitrogens with one attached hydrogen (secondary N) is 1. The second-order valence-electron chi connectivity index (χ2n) is 5.41. The number of rotatable bonds is 4. The first kappa shape index (κ1) is 14.3. The fraction of sp³-hybridized carbons (Fsp3) is 0.714. The van der Waals surface area contributed by atoms with E-state index in [1.807, 2.05) is 6.07 Å². The summed E-state index contributed by atoms with van der Waals surface area (Å²) in [6.07, 6.45) is 2.39. The lowest BCUT2D eigenvalue weighted by Crippen LogP contribution is -2.41. The van der Waals surface area contributed by atoms with Crippen LogP contribution in [0.2, 0.25) is 4.34 Å². The van der Waals surface area contributed by atoms with Crippen LogP contribution >= 0.6 is 22.9 Å². The molecule has 0 aliphatic carbocycles. The van der Waals surface area contributed by atoms with Crippen molar-refractivity contribution in [3.63, 3.8) is 0 Å². The lowest BCUT2D eigenvalue weighted by atomic mass is 10.0. The van der Waals surface area contributed by atoms with Gasteiger partial charge in [-0.2, -0.15) is 0 Å². The summed E-state index contributed by atoms with van der Waals surface area (Å²) in [5.41, 5.74) is 0. The van der Waals surface area contributed by atoms with Gasteiger partial charge >= 0.3 is 0 Å². The molecule has 1 aromatic rings. The summed E-state index contributed by atoms with van der Waals surface area (Å²) < 4.78 is 0.905. The molecule has 2 nitrogen and oxygen atoms in total. The van der Waals surface area contributed by atoms with E-state index >= 15 is 0 Å². The smallest absolute Gasteiger partial charge is 0.0931 e. The van der Waals surface area contributed by atoms with Gasteiger partial charge in [-0.15, -0.1) is 11.3 Å². The number of thiophene rings is 1. The highest BCUT2D eigenvalue weighted by Gasteiger charge is 2.19. The van der Waals surface area contributed by atoms with Crippen LogP contribution in [0.15, 0.2) is 12.1 Å². The fourth-order valence-electron chi connectivity index (χ4n) is 2.43. The molecule has 1 unspecified atom stereocenters. The standard InChI is InChI=1S/C14H23ClN2S/c1-11(2)13-10-17(8-3-7-16-13)9-6-12-4-5-14(15)18-12/h4-5,11,13,16H,3,6-10H2,1-2H3. The van der Waals surface area contributed by atoms with E-state index in [1.54, 1.807) is 11.3 Å². The summed E-state index contributed by atoms with van der Waals surface area (Å²) in [4.78, 5) is 4.00. The molecule has 1 aliphatic rings. The number of nitrogens with zero attached hydrogens (tertiary/aromatic N) is 1. The maximum atomic E-state index is 5.97. The van der Waals surface area contributed by atoms with Crippen LogP contribution in [0, 0.1) is 5.92 Å². The van der Waals surface area contributed by atoms with Crippen LogP contribution in [0.4, 0.5) is 0 Å². The number of halogens is 1. The average molecular weight is 287 g/mol. The van der Waals surface area contributed by atoms with Gasteiger partial charge in [-0.25, -0.2) is 0 Å². The minimum absolute atomic E-state index is 0.638. The van der Waals surface area contributed by atoms with Gasteiger partial charge in [0.25, 0.3) is 0 Å². The number of hydrogen-bond donors (Lipinski definition) is 1. The van der Waals surface area contributed by atoms with E-state index in [-0.39, 0.29) is 0 Å². The molecule has 0 spiro atoms. The van der Waals surface area contributed by atoms with Gasteiger partial charge in [-0.1, -0.05) is 25.4 Å². The Morgan fingerprint density at radius 2 is 2.33 bits per heavy atom. The fourth-order valence-corrected chi connectivity index (χ4v) is 3.50. The molecular formula is C14H23ClN2S. The Kier molecular flexibility index (Phi) is 5.49. The van der Waals surface area contributed by atoms with E-state index in [4.69, 9.17) is 11.6 Å². The lowest BCUT2D eigenvalue weighted by Gasteiger charge is -2.26. The molecular weight excluding hydrogens is 264 g/mol. The van der Waals surface area contributed by atoms with Crippen molar-refractivity contribution in [2.45, 2.75) is 32.7 Å². The highest BCUT2D eigenvalue weighted by Crippen LogP contribution is 2.22. The Morgan fingerprint density at radius 3 is 3.00 bits per heavy atom. The molecule has 1 aromatic heterocycles. The molecule has 2 rings (SSSR count). The van der Waals surface area contributed by atoms with Crippen LogP contribution in [0.1, 0.15) is 25.1 Å². The first-order chi connectivity index (χ1) is 8.65. The van der Waals surface area contributed by atoms with E-state index in [0.29, 0.717) is 12.0 Å². The highest BCUT2D eigenvalue weighted by atomic mass is 35.5. The molecule has 0 radical (unpaired) electrons. The molecule has 0 aromatic carbocycles. The molecule has 18 heavy (non-hydrogen) atoms. The van der Waals surface area contributed by atoms with E-state index in [9.17, 15) is 0 Å². The normalized spacial score (nSPS) is 22.3. The van der Waals surface area contributed by atoms with Crippen molar-refractivity contribution in [1.29, 1.82) is 0 Å². The van der Waals surface area contributed by atoms with E-state index in [0.717, 1.165) is 23.8 Å². The summed E-state index contributed by atoms with van der Waals surface area (Å²) in [5, 5.41) is 3.65. The monoisotopic (exact) mass is 286 g/mol. The van der Waals surface area contributed by atoms with Crippen molar-refractivity contribution < 1.29 is 0 Å². The van der Waals surface area contributed by atoms with Gasteiger partial charge < -0.3 is 10.2 Å². The molecule has 2 heterocycles. The zero-order chi connectivity index (χ0) is 13.0. The topological polar surface area (TPSA) is 15.3 Å². The summed E-state index contributed by atoms with van der Waals surface area (Å²) in [7, 11) is 0. The zero-order valence-corrected chi connectivity index (χ0v) is 12.9. The van der Waals surface area contributed by atoms with Crippen LogP contribution in [0.5, 0.6) is 0 Å². The van der Waals surface area contributed by atoms with Gasteiger partial charge in [0.15, 0.2) is 0 Å². The second-order valence-corrected chi connectivity index (χ2v) is 7.21. The van der Waals surface area contributed by atoms with Gasteiger partial charge in [0.1, 0.15) is 0 Å². The van der Waals surface area contributed by atoms with Crippen LogP contribution in [0.3, 0.4) is 0 Å². The molecule has 0 amide bonds. The minimum Gasteiger partial charge on any atom is -0.312 e. The zero-order valence-electron chi connectivity index (χ0n) is 11.3. The third kappa shape index (κ3) is 4.23. The Morgan fingerprint density at radius 1 is 1.50 bits per heavy atom. The van der Waals surface area contributed by atoms with Crippen molar-refractivity contribution in [3.05, 3.63) is 21.3 Å². The number of hydrogen-bond acceptors (Lipinski definition) is 3. The maximum Gasteiger partial charge on any atom is 0.0931 e. The van der Waals surface area contributed by atoms with Gasteiger partial charge in [-0.05, 0) is 44.0 Å². The van der Waals surface area contributed by atoms with Gasteiger partial charge in [0, 0.05) is 24.0 Å². The Balaban J connectivity index is 1.83. The van der Waals surface area contributed by atoms with E-state index in [2.05, 4.69) is 30.1 Å². The highest BCUT2D eigenvalue weighted by molar-refractivity contribution is 7.16. The molecule has 102 valence electrons. The molecule has 0 saturated carbocycles. The third-order valence-corrected chi connectivity index (χ3v) is 4.91. The predicted octanol–water partition coefficient (Wildman–Crippen LogP) is 3.26. The lowest BCUT2D eigenvalue weighted by molar-refractivity contribution is 0.249. The van der Waals surface area contributed by atoms with Gasteiger partial charge in [0.05, 0.1) is 4.34 Å². The van der Waals surface area contributed by atoms with Crippen molar-refractivity contribution in [1.82, 2.24) is 10.2 Å². The second kappa shape index (κ2) is 6.90. The largest absolute Gasteiger partial charge is 0.312 e.